The fraction of sp³-hybridized carbons (Fsp3) is 0.625. The van der Waals surface area contributed by atoms with Crippen LogP contribution in [0, 0.1) is 11.8 Å². The molecule has 2 nitrogen and oxygen atoms in total. The number of rotatable bonds is 3. The van der Waals surface area contributed by atoms with Crippen LogP contribution in [-0.2, 0) is 4.84 Å². The van der Waals surface area contributed by atoms with E-state index in [1.807, 2.05) is 6.92 Å². The van der Waals surface area contributed by atoms with Gasteiger partial charge in [-0.15, -0.1) is 0 Å². The lowest BCUT2D eigenvalue weighted by Crippen LogP contribution is -1.95. The smallest absolute Gasteiger partial charge is 0.114 e. The van der Waals surface area contributed by atoms with Crippen molar-refractivity contribution in [2.75, 3.05) is 0 Å². The third-order valence-corrected chi connectivity index (χ3v) is 1.92. The molecule has 10 heavy (non-hydrogen) atoms. The third kappa shape index (κ3) is 1.59. The molecule has 0 aromatic heterocycles. The molecular weight excluding hydrogens is 126 g/mol. The largest absolute Gasteiger partial charge is 0.366 e. The molecule has 2 atom stereocenters. The quantitative estimate of drug-likeness (QED) is 0.333. The van der Waals surface area contributed by atoms with Crippen LogP contribution in [-0.4, -0.2) is 5.71 Å². The summed E-state index contributed by atoms with van der Waals surface area (Å²) in [7, 11) is 0. The summed E-state index contributed by atoms with van der Waals surface area (Å²) in [6.07, 6.45) is 2.60. The lowest BCUT2D eigenvalue weighted by Gasteiger charge is -1.93. The molecule has 0 aromatic carbocycles. The Labute approximate surface area is 61.6 Å². The Morgan fingerprint density at radius 3 is 2.80 bits per heavy atom. The van der Waals surface area contributed by atoms with Crippen LogP contribution in [0.15, 0.2) is 18.0 Å². The molecule has 0 heterocycles. The molecule has 0 radical (unpaired) electrons. The molecule has 0 amide bonds. The number of oxime groups is 1. The van der Waals surface area contributed by atoms with E-state index in [1.165, 1.54) is 12.7 Å². The summed E-state index contributed by atoms with van der Waals surface area (Å²) in [6.45, 7) is 7.62. The Balaban J connectivity index is 2.33. The second-order valence-corrected chi connectivity index (χ2v) is 2.82. The van der Waals surface area contributed by atoms with Crippen molar-refractivity contribution in [3.05, 3.63) is 12.8 Å². The van der Waals surface area contributed by atoms with Crippen molar-refractivity contribution in [1.82, 2.24) is 0 Å². The van der Waals surface area contributed by atoms with E-state index in [2.05, 4.69) is 18.7 Å². The molecule has 1 fully saturated rings. The van der Waals surface area contributed by atoms with Crippen LogP contribution in [0.4, 0.5) is 0 Å². The minimum Gasteiger partial charge on any atom is -0.366 e. The van der Waals surface area contributed by atoms with E-state index >= 15 is 0 Å². The summed E-state index contributed by atoms with van der Waals surface area (Å²) in [6, 6.07) is 0. The maximum absolute atomic E-state index is 4.70. The molecule has 0 saturated heterocycles. The van der Waals surface area contributed by atoms with Gasteiger partial charge in [0.05, 0.1) is 5.71 Å². The molecule has 1 rings (SSSR count). The van der Waals surface area contributed by atoms with Gasteiger partial charge in [-0.2, -0.15) is 0 Å². The SMILES string of the molecule is C=CO/N=C(\C)C1CC1C. The van der Waals surface area contributed by atoms with E-state index in [1.54, 1.807) is 0 Å². The summed E-state index contributed by atoms with van der Waals surface area (Å²) >= 11 is 0. The van der Waals surface area contributed by atoms with Crippen molar-refractivity contribution in [3.8, 4) is 0 Å². The first-order valence-corrected chi connectivity index (χ1v) is 3.57. The molecule has 1 saturated carbocycles. The lowest BCUT2D eigenvalue weighted by atomic mass is 10.2. The summed E-state index contributed by atoms with van der Waals surface area (Å²) < 4.78 is 0. The minimum atomic E-state index is 0.667. The van der Waals surface area contributed by atoms with Crippen LogP contribution < -0.4 is 0 Å². The van der Waals surface area contributed by atoms with E-state index in [4.69, 9.17) is 4.84 Å². The van der Waals surface area contributed by atoms with Crippen LogP contribution in [0.25, 0.3) is 0 Å². The zero-order valence-corrected chi connectivity index (χ0v) is 6.50. The second kappa shape index (κ2) is 2.86. The summed E-state index contributed by atoms with van der Waals surface area (Å²) in [4.78, 5) is 4.70. The van der Waals surface area contributed by atoms with E-state index < -0.39 is 0 Å². The highest BCUT2D eigenvalue weighted by atomic mass is 16.6. The zero-order chi connectivity index (χ0) is 7.56. The molecule has 0 aromatic rings. The summed E-state index contributed by atoms with van der Waals surface area (Å²) in [5.74, 6) is 1.47. The van der Waals surface area contributed by atoms with E-state index in [-0.39, 0.29) is 0 Å². The van der Waals surface area contributed by atoms with Gasteiger partial charge in [0.15, 0.2) is 0 Å². The molecule has 0 aliphatic heterocycles. The van der Waals surface area contributed by atoms with Gasteiger partial charge in [-0.25, -0.2) is 0 Å². The molecule has 0 bridgehead atoms. The lowest BCUT2D eigenvalue weighted by molar-refractivity contribution is 0.268. The van der Waals surface area contributed by atoms with Gasteiger partial charge in [-0.05, 0) is 19.3 Å². The average molecular weight is 139 g/mol. The van der Waals surface area contributed by atoms with Gasteiger partial charge in [0.2, 0.25) is 0 Å². The van der Waals surface area contributed by atoms with Crippen molar-refractivity contribution in [1.29, 1.82) is 0 Å². The van der Waals surface area contributed by atoms with Crippen molar-refractivity contribution in [2.45, 2.75) is 20.3 Å². The fourth-order valence-electron chi connectivity index (χ4n) is 1.09. The first-order valence-electron chi connectivity index (χ1n) is 3.57. The van der Waals surface area contributed by atoms with Gasteiger partial charge in [0.1, 0.15) is 6.26 Å². The monoisotopic (exact) mass is 139 g/mol. The molecule has 0 spiro atoms. The maximum atomic E-state index is 4.70. The second-order valence-electron chi connectivity index (χ2n) is 2.82. The molecule has 2 heteroatoms. The Hall–Kier alpha value is -0.790. The van der Waals surface area contributed by atoms with Crippen LogP contribution in [0.2, 0.25) is 0 Å². The van der Waals surface area contributed by atoms with Crippen LogP contribution >= 0.6 is 0 Å². The van der Waals surface area contributed by atoms with Gasteiger partial charge in [-0.3, -0.25) is 0 Å². The van der Waals surface area contributed by atoms with Gasteiger partial charge < -0.3 is 4.84 Å². The molecule has 0 N–H and O–H groups in total. The number of hydrogen-bond donors (Lipinski definition) is 0. The standard InChI is InChI=1S/C8H13NO/c1-4-10-9-7(3)8-5-6(8)2/h4,6,8H,1,5H2,2-3H3/b9-7+. The fourth-order valence-corrected chi connectivity index (χ4v) is 1.09. The topological polar surface area (TPSA) is 21.6 Å². The zero-order valence-electron chi connectivity index (χ0n) is 6.50. The normalized spacial score (nSPS) is 31.6. The first-order chi connectivity index (χ1) is 4.75. The molecular formula is C8H13NO. The third-order valence-electron chi connectivity index (χ3n) is 1.92. The van der Waals surface area contributed by atoms with E-state index in [0.29, 0.717) is 5.92 Å². The van der Waals surface area contributed by atoms with Crippen molar-refractivity contribution >= 4 is 5.71 Å². The molecule has 56 valence electrons. The minimum absolute atomic E-state index is 0.667. The van der Waals surface area contributed by atoms with Crippen LogP contribution in [0.5, 0.6) is 0 Å². The number of nitrogens with zero attached hydrogens (tertiary/aromatic N) is 1. The van der Waals surface area contributed by atoms with Crippen molar-refractivity contribution in [3.63, 3.8) is 0 Å². The maximum Gasteiger partial charge on any atom is 0.114 e. The Morgan fingerprint density at radius 1 is 1.80 bits per heavy atom. The average Bonchev–Trinajstić information content (AvgIpc) is 2.62. The molecule has 2 unspecified atom stereocenters. The van der Waals surface area contributed by atoms with Crippen molar-refractivity contribution in [2.24, 2.45) is 17.0 Å². The van der Waals surface area contributed by atoms with Crippen LogP contribution in [0.1, 0.15) is 20.3 Å². The number of hydrogen-bond acceptors (Lipinski definition) is 2. The summed E-state index contributed by atoms with van der Waals surface area (Å²) in [5, 5.41) is 3.85. The molecule has 1 aliphatic rings. The van der Waals surface area contributed by atoms with Gasteiger partial charge in [0.25, 0.3) is 0 Å². The van der Waals surface area contributed by atoms with Gasteiger partial charge in [0, 0.05) is 5.92 Å². The summed E-state index contributed by atoms with van der Waals surface area (Å²) in [5.41, 5.74) is 1.09. The van der Waals surface area contributed by atoms with E-state index in [9.17, 15) is 0 Å². The first kappa shape index (κ1) is 7.32. The Morgan fingerprint density at radius 2 is 2.40 bits per heavy atom. The highest BCUT2D eigenvalue weighted by Gasteiger charge is 2.35. The predicted molar refractivity (Wildman–Crippen MR) is 41.7 cm³/mol. The predicted octanol–water partition coefficient (Wildman–Crippen LogP) is 2.18. The van der Waals surface area contributed by atoms with Gasteiger partial charge >= 0.3 is 0 Å². The Kier molecular flexibility index (Phi) is 2.10. The van der Waals surface area contributed by atoms with Crippen LogP contribution in [0.3, 0.4) is 0 Å². The highest BCUT2D eigenvalue weighted by Crippen LogP contribution is 2.38. The van der Waals surface area contributed by atoms with Crippen molar-refractivity contribution < 1.29 is 4.84 Å². The van der Waals surface area contributed by atoms with E-state index in [0.717, 1.165) is 11.6 Å². The Bertz CT molecular complexity index is 163. The molecule has 1 aliphatic carbocycles. The van der Waals surface area contributed by atoms with Gasteiger partial charge in [-0.1, -0.05) is 18.7 Å². The highest BCUT2D eigenvalue weighted by molar-refractivity contribution is 5.86.